The normalized spacial score (nSPS) is 27.8. The monoisotopic (exact) mass is 240 g/mol. The van der Waals surface area contributed by atoms with E-state index in [-0.39, 0.29) is 11.7 Å². The first-order valence-corrected chi connectivity index (χ1v) is 6.51. The van der Waals surface area contributed by atoms with Crippen LogP contribution in [0, 0.1) is 5.41 Å². The van der Waals surface area contributed by atoms with E-state index in [4.69, 9.17) is 4.74 Å². The molecule has 2 fully saturated rings. The number of ether oxygens (including phenoxy) is 1. The highest BCUT2D eigenvalue weighted by Gasteiger charge is 2.47. The number of likely N-dealkylation sites (tertiary alicyclic amines) is 1. The van der Waals surface area contributed by atoms with Gasteiger partial charge in [0, 0.05) is 24.5 Å². The van der Waals surface area contributed by atoms with Crippen LogP contribution in [0.1, 0.15) is 40.5 Å². The third-order valence-corrected chi connectivity index (χ3v) is 3.59. The van der Waals surface area contributed by atoms with Crippen molar-refractivity contribution < 1.29 is 9.53 Å². The molecule has 0 aromatic carbocycles. The summed E-state index contributed by atoms with van der Waals surface area (Å²) in [7, 11) is 0. The van der Waals surface area contributed by atoms with Gasteiger partial charge in [-0.25, -0.2) is 4.79 Å². The highest BCUT2D eigenvalue weighted by atomic mass is 16.6. The quantitative estimate of drug-likeness (QED) is 0.704. The molecule has 0 aromatic rings. The number of hydrogen-bond donors (Lipinski definition) is 1. The van der Waals surface area contributed by atoms with E-state index in [1.54, 1.807) is 0 Å². The van der Waals surface area contributed by atoms with Crippen molar-refractivity contribution in [1.82, 2.24) is 10.2 Å². The molecule has 4 nitrogen and oxygen atoms in total. The molecular formula is C13H24N2O2. The average molecular weight is 240 g/mol. The molecule has 2 rings (SSSR count). The lowest BCUT2D eigenvalue weighted by Crippen LogP contribution is -2.63. The number of piperidine rings is 1. The molecule has 2 aliphatic heterocycles. The third-order valence-electron chi connectivity index (χ3n) is 3.59. The maximum absolute atomic E-state index is 11.8. The van der Waals surface area contributed by atoms with Gasteiger partial charge < -0.3 is 15.0 Å². The Bertz CT molecular complexity index is 303. The lowest BCUT2D eigenvalue weighted by Gasteiger charge is -2.53. The first-order valence-electron chi connectivity index (χ1n) is 6.51. The van der Waals surface area contributed by atoms with Gasteiger partial charge in [-0.1, -0.05) is 0 Å². The molecule has 1 amide bonds. The van der Waals surface area contributed by atoms with Gasteiger partial charge in [0.25, 0.3) is 0 Å². The Morgan fingerprint density at radius 1 is 1.41 bits per heavy atom. The van der Waals surface area contributed by atoms with E-state index in [1.165, 1.54) is 12.8 Å². The van der Waals surface area contributed by atoms with Crippen LogP contribution in [0.3, 0.4) is 0 Å². The van der Waals surface area contributed by atoms with E-state index in [0.29, 0.717) is 11.5 Å². The highest BCUT2D eigenvalue weighted by molar-refractivity contribution is 5.69. The molecule has 0 aliphatic carbocycles. The predicted octanol–water partition coefficient (Wildman–Crippen LogP) is 2.00. The molecule has 98 valence electrons. The van der Waals surface area contributed by atoms with E-state index in [9.17, 15) is 4.79 Å². The van der Waals surface area contributed by atoms with Gasteiger partial charge in [-0.2, -0.15) is 0 Å². The molecule has 0 radical (unpaired) electrons. The second-order valence-electron chi connectivity index (χ2n) is 6.65. The zero-order valence-electron chi connectivity index (χ0n) is 11.4. The Morgan fingerprint density at radius 3 is 2.59 bits per heavy atom. The van der Waals surface area contributed by atoms with Crippen LogP contribution in [0.5, 0.6) is 0 Å². The fourth-order valence-corrected chi connectivity index (χ4v) is 2.91. The lowest BCUT2D eigenvalue weighted by molar-refractivity contribution is -0.0510. The summed E-state index contributed by atoms with van der Waals surface area (Å²) in [6.45, 7) is 10.8. The van der Waals surface area contributed by atoms with E-state index >= 15 is 0 Å². The molecule has 0 unspecified atom stereocenters. The van der Waals surface area contributed by atoms with Gasteiger partial charge in [0.05, 0.1) is 0 Å². The number of hydrogen-bond acceptors (Lipinski definition) is 3. The van der Waals surface area contributed by atoms with Crippen LogP contribution in [0.4, 0.5) is 4.79 Å². The van der Waals surface area contributed by atoms with Gasteiger partial charge in [-0.3, -0.25) is 0 Å². The molecule has 2 saturated heterocycles. The summed E-state index contributed by atoms with van der Waals surface area (Å²) >= 11 is 0. The topological polar surface area (TPSA) is 41.6 Å². The summed E-state index contributed by atoms with van der Waals surface area (Å²) < 4.78 is 5.37. The van der Waals surface area contributed by atoms with Crippen molar-refractivity contribution in [2.45, 2.75) is 52.2 Å². The van der Waals surface area contributed by atoms with E-state index in [1.807, 2.05) is 25.7 Å². The molecule has 4 heteroatoms. The van der Waals surface area contributed by atoms with Gasteiger partial charge in [0.2, 0.25) is 0 Å². The minimum Gasteiger partial charge on any atom is -0.444 e. The molecule has 0 bridgehead atoms. The lowest BCUT2D eigenvalue weighted by atomic mass is 9.70. The second-order valence-corrected chi connectivity index (χ2v) is 6.65. The second kappa shape index (κ2) is 4.16. The van der Waals surface area contributed by atoms with E-state index in [0.717, 1.165) is 19.6 Å². The van der Waals surface area contributed by atoms with Crippen molar-refractivity contribution in [3.8, 4) is 0 Å². The summed E-state index contributed by atoms with van der Waals surface area (Å²) in [5.74, 6) is 0. The Hall–Kier alpha value is -0.770. The number of amides is 1. The Balaban J connectivity index is 1.83. The predicted molar refractivity (Wildman–Crippen MR) is 66.9 cm³/mol. The van der Waals surface area contributed by atoms with Crippen molar-refractivity contribution in [2.75, 3.05) is 19.6 Å². The zero-order valence-corrected chi connectivity index (χ0v) is 11.4. The standard InChI is InChI=1S/C13H24N2O2/c1-10-7-13(5-6-14-10)8-15(9-13)11(16)17-12(2,3)4/h10,14H,5-9H2,1-4H3/t10-/m0/s1. The van der Waals surface area contributed by atoms with Crippen molar-refractivity contribution in [1.29, 1.82) is 0 Å². The summed E-state index contributed by atoms with van der Waals surface area (Å²) in [5.41, 5.74) is -0.0250. The summed E-state index contributed by atoms with van der Waals surface area (Å²) in [4.78, 5) is 13.7. The van der Waals surface area contributed by atoms with Crippen LogP contribution in [-0.2, 0) is 4.74 Å². The first-order chi connectivity index (χ1) is 7.80. The van der Waals surface area contributed by atoms with Crippen LogP contribution in [-0.4, -0.2) is 42.3 Å². The molecule has 2 heterocycles. The molecule has 17 heavy (non-hydrogen) atoms. The van der Waals surface area contributed by atoms with Gasteiger partial charge in [-0.05, 0) is 47.1 Å². The van der Waals surface area contributed by atoms with Gasteiger partial charge in [-0.15, -0.1) is 0 Å². The number of carbonyl (C=O) groups excluding carboxylic acids is 1. The zero-order chi connectivity index (χ0) is 12.7. The fourth-order valence-electron chi connectivity index (χ4n) is 2.91. The fraction of sp³-hybridized carbons (Fsp3) is 0.923. The molecule has 1 N–H and O–H groups in total. The van der Waals surface area contributed by atoms with Gasteiger partial charge in [0.15, 0.2) is 0 Å². The van der Waals surface area contributed by atoms with Gasteiger partial charge >= 0.3 is 6.09 Å². The highest BCUT2D eigenvalue weighted by Crippen LogP contribution is 2.40. The smallest absolute Gasteiger partial charge is 0.410 e. The molecular weight excluding hydrogens is 216 g/mol. The van der Waals surface area contributed by atoms with Crippen molar-refractivity contribution in [2.24, 2.45) is 5.41 Å². The molecule has 1 atom stereocenters. The van der Waals surface area contributed by atoms with Crippen LogP contribution in [0.15, 0.2) is 0 Å². The number of nitrogens with one attached hydrogen (secondary N) is 1. The average Bonchev–Trinajstić information content (AvgIpc) is 2.10. The van der Waals surface area contributed by atoms with Crippen molar-refractivity contribution >= 4 is 6.09 Å². The molecule has 1 spiro atoms. The SMILES string of the molecule is C[C@H]1CC2(CCN1)CN(C(=O)OC(C)(C)C)C2. The van der Waals surface area contributed by atoms with E-state index in [2.05, 4.69) is 12.2 Å². The Labute approximate surface area is 104 Å². The molecule has 0 aromatic heterocycles. The number of rotatable bonds is 0. The first kappa shape index (κ1) is 12.7. The Kier molecular flexibility index (Phi) is 3.10. The van der Waals surface area contributed by atoms with Crippen LogP contribution in [0.25, 0.3) is 0 Å². The maximum atomic E-state index is 11.8. The minimum absolute atomic E-state index is 0.158. The van der Waals surface area contributed by atoms with Crippen LogP contribution in [0.2, 0.25) is 0 Å². The molecule has 0 saturated carbocycles. The van der Waals surface area contributed by atoms with E-state index < -0.39 is 0 Å². The van der Waals surface area contributed by atoms with Crippen LogP contribution < -0.4 is 5.32 Å². The van der Waals surface area contributed by atoms with Crippen molar-refractivity contribution in [3.05, 3.63) is 0 Å². The summed E-state index contributed by atoms with van der Waals surface area (Å²) in [6.07, 6.45) is 2.19. The molecule has 2 aliphatic rings. The largest absolute Gasteiger partial charge is 0.444 e. The summed E-state index contributed by atoms with van der Waals surface area (Å²) in [5, 5.41) is 3.45. The Morgan fingerprint density at radius 2 is 2.06 bits per heavy atom. The minimum atomic E-state index is -0.388. The third kappa shape index (κ3) is 2.92. The summed E-state index contributed by atoms with van der Waals surface area (Å²) in [6, 6.07) is 0.574. The van der Waals surface area contributed by atoms with Crippen molar-refractivity contribution in [3.63, 3.8) is 0 Å². The maximum Gasteiger partial charge on any atom is 0.410 e. The van der Waals surface area contributed by atoms with Crippen LogP contribution >= 0.6 is 0 Å². The number of carbonyl (C=O) groups is 1. The van der Waals surface area contributed by atoms with Gasteiger partial charge in [0.1, 0.15) is 5.60 Å². The number of nitrogens with zero attached hydrogens (tertiary/aromatic N) is 1.